The second-order valence-corrected chi connectivity index (χ2v) is 1.52. The lowest BCUT2D eigenvalue weighted by molar-refractivity contribution is 0.856. The summed E-state index contributed by atoms with van der Waals surface area (Å²) in [5.41, 5.74) is -1.05. The number of H-pyrrole nitrogens is 1. The number of aromatic nitrogens is 2. The molecule has 0 aromatic carbocycles. The van der Waals surface area contributed by atoms with Gasteiger partial charge in [0.15, 0.2) is 0 Å². The van der Waals surface area contributed by atoms with Crippen LogP contribution in [0.25, 0.3) is 0 Å². The number of nitrogens with one attached hydrogen (secondary N) is 1. The van der Waals surface area contributed by atoms with Crippen LogP contribution in [0.4, 0.5) is 0 Å². The molecule has 0 saturated heterocycles. The third-order valence-electron chi connectivity index (χ3n) is 0.851. The standard InChI is InChI=1S/C4H5N3O2/c5-7-2-1-3(8)6-4(7)9/h1-2H,5H2,(H,6,8,9). The summed E-state index contributed by atoms with van der Waals surface area (Å²) < 4.78 is 0.793. The molecule has 5 nitrogen and oxygen atoms in total. The Morgan fingerprint density at radius 2 is 2.22 bits per heavy atom. The van der Waals surface area contributed by atoms with E-state index >= 15 is 0 Å². The molecule has 0 unspecified atom stereocenters. The van der Waals surface area contributed by atoms with E-state index in [0.29, 0.717) is 0 Å². The van der Waals surface area contributed by atoms with Gasteiger partial charge in [-0.25, -0.2) is 9.47 Å². The normalized spacial score (nSPS) is 9.33. The fraction of sp³-hybridized carbons (Fsp3) is 0. The number of nitrogen functional groups attached to an aromatic ring is 1. The van der Waals surface area contributed by atoms with Crippen LogP contribution in [0.1, 0.15) is 0 Å². The van der Waals surface area contributed by atoms with Gasteiger partial charge in [0.25, 0.3) is 5.56 Å². The molecule has 0 spiro atoms. The SMILES string of the molecule is Nn1ccc(=O)[nH]c1=O. The van der Waals surface area contributed by atoms with E-state index in [1.165, 1.54) is 12.3 Å². The topological polar surface area (TPSA) is 80.9 Å². The van der Waals surface area contributed by atoms with E-state index in [1.807, 2.05) is 4.98 Å². The molecule has 9 heavy (non-hydrogen) atoms. The van der Waals surface area contributed by atoms with Crippen LogP contribution < -0.4 is 17.1 Å². The fourth-order valence-corrected chi connectivity index (χ4v) is 0.427. The maximum Gasteiger partial charge on any atom is 0.346 e. The minimum Gasteiger partial charge on any atom is -0.335 e. The van der Waals surface area contributed by atoms with Crippen molar-refractivity contribution in [3.63, 3.8) is 0 Å². The van der Waals surface area contributed by atoms with Gasteiger partial charge in [-0.05, 0) is 0 Å². The van der Waals surface area contributed by atoms with Crippen molar-refractivity contribution in [3.8, 4) is 0 Å². The van der Waals surface area contributed by atoms with Crippen molar-refractivity contribution in [2.24, 2.45) is 0 Å². The monoisotopic (exact) mass is 127 g/mol. The third-order valence-corrected chi connectivity index (χ3v) is 0.851. The molecule has 0 atom stereocenters. The van der Waals surface area contributed by atoms with E-state index in [1.54, 1.807) is 0 Å². The summed E-state index contributed by atoms with van der Waals surface area (Å²) in [5.74, 6) is 5.02. The molecule has 1 heterocycles. The van der Waals surface area contributed by atoms with E-state index < -0.39 is 11.2 Å². The van der Waals surface area contributed by atoms with Crippen LogP contribution in [0.15, 0.2) is 21.9 Å². The van der Waals surface area contributed by atoms with E-state index in [9.17, 15) is 9.59 Å². The lowest BCUT2D eigenvalue weighted by Crippen LogP contribution is -2.33. The van der Waals surface area contributed by atoms with Gasteiger partial charge in [0.1, 0.15) is 0 Å². The zero-order valence-corrected chi connectivity index (χ0v) is 4.50. The molecule has 0 aliphatic heterocycles. The summed E-state index contributed by atoms with van der Waals surface area (Å²) in [6.07, 6.45) is 1.20. The number of hydrogen-bond donors (Lipinski definition) is 2. The minimum absolute atomic E-state index is 0.443. The van der Waals surface area contributed by atoms with Crippen LogP contribution in [0.3, 0.4) is 0 Å². The second-order valence-electron chi connectivity index (χ2n) is 1.52. The minimum atomic E-state index is -0.609. The highest BCUT2D eigenvalue weighted by atomic mass is 16.2. The van der Waals surface area contributed by atoms with Crippen molar-refractivity contribution in [2.45, 2.75) is 0 Å². The van der Waals surface area contributed by atoms with Crippen LogP contribution in [0.2, 0.25) is 0 Å². The summed E-state index contributed by atoms with van der Waals surface area (Å²) in [7, 11) is 0. The summed E-state index contributed by atoms with van der Waals surface area (Å²) in [4.78, 5) is 22.7. The van der Waals surface area contributed by atoms with Gasteiger partial charge in [0, 0.05) is 12.3 Å². The Hall–Kier alpha value is -1.52. The lowest BCUT2D eigenvalue weighted by atomic mass is 10.7. The summed E-state index contributed by atoms with van der Waals surface area (Å²) >= 11 is 0. The lowest BCUT2D eigenvalue weighted by Gasteiger charge is -1.89. The van der Waals surface area contributed by atoms with Crippen LogP contribution in [-0.4, -0.2) is 9.66 Å². The molecular formula is C4H5N3O2. The van der Waals surface area contributed by atoms with Crippen molar-refractivity contribution >= 4 is 0 Å². The van der Waals surface area contributed by atoms with E-state index in [0.717, 1.165) is 4.68 Å². The number of hydrogen-bond acceptors (Lipinski definition) is 3. The van der Waals surface area contributed by atoms with Crippen LogP contribution >= 0.6 is 0 Å². The molecule has 0 fully saturated rings. The van der Waals surface area contributed by atoms with Gasteiger partial charge >= 0.3 is 5.69 Å². The molecule has 0 bridgehead atoms. The molecule has 1 aromatic heterocycles. The molecule has 0 aliphatic carbocycles. The maximum absolute atomic E-state index is 10.4. The van der Waals surface area contributed by atoms with Gasteiger partial charge in [-0.15, -0.1) is 0 Å². The van der Waals surface area contributed by atoms with Gasteiger partial charge < -0.3 is 5.84 Å². The summed E-state index contributed by atoms with van der Waals surface area (Å²) in [5, 5.41) is 0. The molecule has 5 heteroatoms. The molecule has 1 rings (SSSR count). The zero-order chi connectivity index (χ0) is 6.85. The Morgan fingerprint density at radius 1 is 1.56 bits per heavy atom. The predicted molar refractivity (Wildman–Crippen MR) is 31.5 cm³/mol. The first-order valence-electron chi connectivity index (χ1n) is 2.27. The average molecular weight is 127 g/mol. The Morgan fingerprint density at radius 3 is 2.67 bits per heavy atom. The highest BCUT2D eigenvalue weighted by molar-refractivity contribution is 4.81. The van der Waals surface area contributed by atoms with E-state index in [-0.39, 0.29) is 0 Å². The molecule has 0 saturated carbocycles. The Kier molecular flexibility index (Phi) is 1.11. The second kappa shape index (κ2) is 1.77. The summed E-state index contributed by atoms with van der Waals surface area (Å²) in [6.45, 7) is 0. The predicted octanol–water partition coefficient (Wildman–Crippen LogP) is -1.75. The summed E-state index contributed by atoms with van der Waals surface area (Å²) in [6, 6.07) is 1.17. The fourth-order valence-electron chi connectivity index (χ4n) is 0.427. The number of nitrogens with two attached hydrogens (primary N) is 1. The van der Waals surface area contributed by atoms with Crippen molar-refractivity contribution in [2.75, 3.05) is 5.84 Å². The van der Waals surface area contributed by atoms with E-state index in [2.05, 4.69) is 0 Å². The third kappa shape index (κ3) is 0.987. The highest BCUT2D eigenvalue weighted by Crippen LogP contribution is 1.57. The van der Waals surface area contributed by atoms with Gasteiger partial charge in [-0.3, -0.25) is 9.78 Å². The molecule has 48 valence electrons. The van der Waals surface area contributed by atoms with Gasteiger partial charge in [0.05, 0.1) is 0 Å². The number of aromatic amines is 1. The molecule has 1 aromatic rings. The Balaban J connectivity index is 3.52. The largest absolute Gasteiger partial charge is 0.346 e. The molecule has 0 amide bonds. The quantitative estimate of drug-likeness (QED) is 0.405. The Bertz CT molecular complexity index is 310. The zero-order valence-electron chi connectivity index (χ0n) is 4.50. The number of nitrogens with zero attached hydrogens (tertiary/aromatic N) is 1. The number of rotatable bonds is 0. The van der Waals surface area contributed by atoms with Crippen LogP contribution in [-0.2, 0) is 0 Å². The first-order chi connectivity index (χ1) is 4.20. The highest BCUT2D eigenvalue weighted by Gasteiger charge is 1.86. The van der Waals surface area contributed by atoms with Crippen LogP contribution in [0.5, 0.6) is 0 Å². The molecule has 0 aliphatic rings. The van der Waals surface area contributed by atoms with Gasteiger partial charge in [-0.1, -0.05) is 0 Å². The van der Waals surface area contributed by atoms with Gasteiger partial charge in [-0.2, -0.15) is 0 Å². The first kappa shape index (κ1) is 5.61. The maximum atomic E-state index is 10.4. The van der Waals surface area contributed by atoms with Crippen LogP contribution in [0, 0.1) is 0 Å². The van der Waals surface area contributed by atoms with Crippen molar-refractivity contribution in [3.05, 3.63) is 33.1 Å². The Labute approximate surface area is 49.7 Å². The van der Waals surface area contributed by atoms with E-state index in [4.69, 9.17) is 5.84 Å². The van der Waals surface area contributed by atoms with Crippen molar-refractivity contribution in [1.29, 1.82) is 0 Å². The smallest absolute Gasteiger partial charge is 0.335 e. The average Bonchev–Trinajstić information content (AvgIpc) is 1.80. The first-order valence-corrected chi connectivity index (χ1v) is 2.27. The van der Waals surface area contributed by atoms with Crippen molar-refractivity contribution < 1.29 is 0 Å². The molecular weight excluding hydrogens is 122 g/mol. The van der Waals surface area contributed by atoms with Crippen molar-refractivity contribution in [1.82, 2.24) is 9.66 Å². The molecule has 0 radical (unpaired) electrons. The van der Waals surface area contributed by atoms with Gasteiger partial charge in [0.2, 0.25) is 0 Å². The molecule has 3 N–H and O–H groups in total.